The number of alkyl halides is 2. The molecule has 0 aromatic heterocycles. The maximum Gasteiger partial charge on any atom is 0.251 e. The third kappa shape index (κ3) is 7.77. The lowest BCUT2D eigenvalue weighted by molar-refractivity contribution is -0.126. The van der Waals surface area contributed by atoms with Crippen LogP contribution in [0.5, 0.6) is 0 Å². The molecule has 3 heterocycles. The van der Waals surface area contributed by atoms with Crippen molar-refractivity contribution in [1.82, 2.24) is 4.90 Å². The minimum Gasteiger partial charge on any atom is -0.380 e. The van der Waals surface area contributed by atoms with Gasteiger partial charge < -0.3 is 4.74 Å². The molecule has 0 amide bonds. The second-order valence-electron chi connectivity index (χ2n) is 10.9. The van der Waals surface area contributed by atoms with Gasteiger partial charge >= 0.3 is 0 Å². The van der Waals surface area contributed by atoms with Crippen molar-refractivity contribution in [3.63, 3.8) is 0 Å². The predicted molar refractivity (Wildman–Crippen MR) is 123 cm³/mol. The molecule has 0 bridgehead atoms. The molecule has 174 valence electrons. The number of nitrogens with zero attached hydrogens (tertiary/aromatic N) is 1. The summed E-state index contributed by atoms with van der Waals surface area (Å²) in [5, 5.41) is 0. The zero-order chi connectivity index (χ0) is 22.6. The van der Waals surface area contributed by atoms with Gasteiger partial charge in [0.15, 0.2) is 0 Å². The number of halogens is 2. The zero-order valence-electron chi connectivity index (χ0n) is 20.0. The first-order valence-corrected chi connectivity index (χ1v) is 13.1. The van der Waals surface area contributed by atoms with Crippen LogP contribution >= 0.6 is 0 Å². The topological polar surface area (TPSA) is 29.5 Å². The van der Waals surface area contributed by atoms with Crippen molar-refractivity contribution in [2.75, 3.05) is 37.8 Å². The number of likely N-dealkylation sites (tertiary alicyclic amines) is 1. The smallest absolute Gasteiger partial charge is 0.251 e. The summed E-state index contributed by atoms with van der Waals surface area (Å²) in [5.41, 5.74) is 0.818. The molecular weight excluding hydrogens is 392 g/mol. The van der Waals surface area contributed by atoms with Crippen LogP contribution in [0.4, 0.5) is 8.78 Å². The molecule has 0 aromatic carbocycles. The number of ether oxygens (including phenoxy) is 1. The van der Waals surface area contributed by atoms with E-state index in [1.54, 1.807) is 0 Å². The van der Waals surface area contributed by atoms with Crippen molar-refractivity contribution in [2.45, 2.75) is 74.3 Å². The van der Waals surface area contributed by atoms with Crippen LogP contribution in [0.15, 0.2) is 0 Å². The summed E-state index contributed by atoms with van der Waals surface area (Å²) in [4.78, 5) is 1.87. The number of rotatable bonds is 5. The van der Waals surface area contributed by atoms with E-state index >= 15 is 0 Å². The molecule has 0 spiro atoms. The van der Waals surface area contributed by atoms with E-state index in [0.717, 1.165) is 43.6 Å². The first kappa shape index (κ1) is 26.8. The Labute approximate surface area is 179 Å². The highest BCUT2D eigenvalue weighted by atomic mass is 32.2. The van der Waals surface area contributed by atoms with Crippen LogP contribution in [0, 0.1) is 28.6 Å². The van der Waals surface area contributed by atoms with E-state index in [0.29, 0.717) is 28.7 Å². The largest absolute Gasteiger partial charge is 0.380 e. The van der Waals surface area contributed by atoms with Gasteiger partial charge in [0.2, 0.25) is 0 Å². The lowest BCUT2D eigenvalue weighted by Gasteiger charge is -2.44. The van der Waals surface area contributed by atoms with Gasteiger partial charge in [-0.1, -0.05) is 55.4 Å². The summed E-state index contributed by atoms with van der Waals surface area (Å²) >= 11 is 0. The van der Waals surface area contributed by atoms with Gasteiger partial charge in [0.05, 0.1) is 19.8 Å². The van der Waals surface area contributed by atoms with Gasteiger partial charge in [0, 0.05) is 29.5 Å². The van der Waals surface area contributed by atoms with Crippen LogP contribution in [0.3, 0.4) is 0 Å². The Morgan fingerprint density at radius 3 is 1.66 bits per heavy atom. The molecule has 0 N–H and O–H groups in total. The number of hydrogen-bond acceptors (Lipinski definition) is 3. The Balaban J connectivity index is 0.000000220. The van der Waals surface area contributed by atoms with Crippen molar-refractivity contribution < 1.29 is 17.7 Å². The Morgan fingerprint density at radius 2 is 1.52 bits per heavy atom. The van der Waals surface area contributed by atoms with Crippen LogP contribution < -0.4 is 0 Å². The van der Waals surface area contributed by atoms with Gasteiger partial charge in [-0.15, -0.1) is 0 Å². The van der Waals surface area contributed by atoms with Crippen LogP contribution in [0.25, 0.3) is 0 Å². The molecule has 3 aliphatic heterocycles. The summed E-state index contributed by atoms with van der Waals surface area (Å²) in [7, 11) is -1.63. The summed E-state index contributed by atoms with van der Waals surface area (Å²) in [5.74, 6) is 7.28. The molecule has 0 saturated carbocycles. The first-order chi connectivity index (χ1) is 13.1. The van der Waals surface area contributed by atoms with Crippen LogP contribution in [-0.4, -0.2) is 65.3 Å². The third-order valence-corrected chi connectivity index (χ3v) is 9.53. The van der Waals surface area contributed by atoms with Crippen molar-refractivity contribution in [3.05, 3.63) is 0 Å². The molecule has 29 heavy (non-hydrogen) atoms. The molecule has 0 aliphatic carbocycles. The molecule has 0 aromatic rings. The van der Waals surface area contributed by atoms with Crippen molar-refractivity contribution in [3.8, 4) is 0 Å². The minimum absolute atomic E-state index is 0.0388. The summed E-state index contributed by atoms with van der Waals surface area (Å²) in [6.45, 7) is 20.3. The van der Waals surface area contributed by atoms with E-state index in [9.17, 15) is 13.0 Å². The predicted octanol–water partition coefficient (Wildman–Crippen LogP) is 5.04. The van der Waals surface area contributed by atoms with Crippen LogP contribution in [0.2, 0.25) is 0 Å². The highest BCUT2D eigenvalue weighted by Crippen LogP contribution is 2.39. The van der Waals surface area contributed by atoms with Crippen molar-refractivity contribution >= 4 is 15.4 Å². The van der Waals surface area contributed by atoms with Gasteiger partial charge in [0.25, 0.3) is 6.43 Å². The van der Waals surface area contributed by atoms with Crippen LogP contribution in [-0.2, 0) is 14.3 Å². The normalized spacial score (nSPS) is 33.2. The monoisotopic (exact) mass is 437 g/mol. The lowest BCUT2D eigenvalue weighted by atomic mass is 9.78. The quantitative estimate of drug-likeness (QED) is 0.564. The average molecular weight is 438 g/mol. The minimum atomic E-state index is -2.17. The van der Waals surface area contributed by atoms with E-state index in [1.807, 2.05) is 4.90 Å². The lowest BCUT2D eigenvalue weighted by Crippen LogP contribution is -2.52. The Bertz CT molecular complexity index is 586. The maximum absolute atomic E-state index is 11.9. The molecule has 3 aliphatic rings. The summed E-state index contributed by atoms with van der Waals surface area (Å²) in [6, 6.07) is 0.406. The number of hydrogen-bond donors (Lipinski definition) is 0. The Hall–Kier alpha value is -0.200. The van der Waals surface area contributed by atoms with Gasteiger partial charge in [0.1, 0.15) is 0 Å². The van der Waals surface area contributed by atoms with Gasteiger partial charge in [-0.25, -0.2) is 8.78 Å². The summed E-state index contributed by atoms with van der Waals surface area (Å²) < 4.78 is 40.2. The van der Waals surface area contributed by atoms with Crippen molar-refractivity contribution in [2.24, 2.45) is 28.6 Å². The van der Waals surface area contributed by atoms with E-state index in [2.05, 4.69) is 61.3 Å². The molecule has 3 saturated heterocycles. The molecule has 6 heteroatoms. The van der Waals surface area contributed by atoms with Crippen molar-refractivity contribution in [1.29, 1.82) is 0 Å². The average Bonchev–Trinajstić information content (AvgIpc) is 2.47. The highest BCUT2D eigenvalue weighted by molar-refractivity contribution is 8.01. The van der Waals surface area contributed by atoms with E-state index in [4.69, 9.17) is 4.74 Å². The maximum atomic E-state index is 11.9. The molecule has 3 fully saturated rings. The highest BCUT2D eigenvalue weighted by Gasteiger charge is 2.42. The van der Waals surface area contributed by atoms with Gasteiger partial charge in [-0.3, -0.25) is 9.11 Å². The SMILES string of the molecule is C=S1(=O)CC(C)(C(C)C)C1.CC(C)C1(C)COC1.CC(C)C1CCN1CC(F)F. The van der Waals surface area contributed by atoms with E-state index in [1.165, 1.54) is 0 Å². The van der Waals surface area contributed by atoms with Crippen LogP contribution in [0.1, 0.15) is 61.8 Å². The first-order valence-electron chi connectivity index (χ1n) is 11.0. The molecule has 1 unspecified atom stereocenters. The Morgan fingerprint density at radius 1 is 1.03 bits per heavy atom. The molecule has 1 atom stereocenters. The molecular formula is C23H45F2NO2S. The fraction of sp³-hybridized carbons (Fsp3) is 0.957. The summed E-state index contributed by atoms with van der Waals surface area (Å²) in [6.07, 6.45) is -1.08. The Kier molecular flexibility index (Phi) is 9.63. The fourth-order valence-electron chi connectivity index (χ4n) is 3.87. The molecule has 3 nitrogen and oxygen atoms in total. The van der Waals surface area contributed by atoms with Gasteiger partial charge in [-0.05, 0) is 45.0 Å². The standard InChI is InChI=1S/C8H15F2N.C8H16OS.C7H14O/c1-6(2)7-3-4-11(7)5-8(9)10;1-7(2)8(3)5-10(4,9)6-8;1-6(2)7(3)4-8-5-7/h6-8H,3-5H2,1-2H3;7H,4-6H2,1-3H3;6H,4-5H2,1-3H3. The van der Waals surface area contributed by atoms with E-state index in [-0.39, 0.29) is 6.54 Å². The second kappa shape index (κ2) is 10.4. The third-order valence-electron chi connectivity index (χ3n) is 7.16. The molecule has 3 rings (SSSR count). The second-order valence-corrected chi connectivity index (χ2v) is 13.4. The van der Waals surface area contributed by atoms with Gasteiger partial charge in [-0.2, -0.15) is 0 Å². The van der Waals surface area contributed by atoms with E-state index < -0.39 is 15.9 Å². The molecule has 0 radical (unpaired) electrons. The fourth-order valence-corrected chi connectivity index (χ4v) is 6.86. The zero-order valence-corrected chi connectivity index (χ0v) is 20.8.